The number of carbonyl (C=O) groups is 2. The average molecular weight is 731 g/mol. The summed E-state index contributed by atoms with van der Waals surface area (Å²) in [5, 5.41) is 7.16. The van der Waals surface area contributed by atoms with Crippen LogP contribution in [0.2, 0.25) is 0 Å². The number of benzene rings is 5. The molecule has 1 saturated heterocycles. The number of aryl methyl sites for hydroxylation is 2. The van der Waals surface area contributed by atoms with Crippen LogP contribution in [0.15, 0.2) is 133 Å². The van der Waals surface area contributed by atoms with Crippen molar-refractivity contribution in [3.63, 3.8) is 0 Å². The van der Waals surface area contributed by atoms with Gasteiger partial charge in [0.25, 0.3) is 0 Å². The molecule has 7 rings (SSSR count). The Kier molecular flexibility index (Phi) is 10.6. The molecule has 1 fully saturated rings. The number of amides is 1. The number of hydrogen-bond acceptors (Lipinski definition) is 5. The Bertz CT molecular complexity index is 2260. The molecular formula is C48H50N4O3. The van der Waals surface area contributed by atoms with E-state index in [0.717, 1.165) is 47.2 Å². The first-order valence-electron chi connectivity index (χ1n) is 19.2. The Balaban J connectivity index is 1.48. The standard InChI is InChI=1S/C48H50N4O3/c1-34-23-26-38(27-24-34)45(53)43-41(32-36-17-10-7-11-18-36)49-51(39-21-14-9-15-22-39)44(43)40-31-35(2)25-28-42(40)50(33-37-19-12-8-13-20-37)46(54)55-52-47(3,4)29-16-30-48(52,5)6/h7-15,17-28,31H,16,29-30,32-33H2,1-6H3. The maximum absolute atomic E-state index is 15.0. The third kappa shape index (κ3) is 8.03. The van der Waals surface area contributed by atoms with Crippen molar-refractivity contribution in [3.05, 3.63) is 173 Å². The normalized spacial score (nSPS) is 15.0. The number of rotatable bonds is 10. The smallest absolute Gasteiger partial charge is 0.350 e. The molecule has 280 valence electrons. The topological polar surface area (TPSA) is 67.7 Å². The number of ketones is 1. The number of anilines is 1. The van der Waals surface area contributed by atoms with Crippen molar-refractivity contribution in [1.29, 1.82) is 0 Å². The molecule has 2 heterocycles. The van der Waals surface area contributed by atoms with Crippen LogP contribution in [0.4, 0.5) is 10.5 Å². The van der Waals surface area contributed by atoms with Gasteiger partial charge in [-0.1, -0.05) is 120 Å². The molecule has 0 radical (unpaired) electrons. The average Bonchev–Trinajstić information content (AvgIpc) is 3.55. The van der Waals surface area contributed by atoms with Gasteiger partial charge in [-0.2, -0.15) is 5.10 Å². The van der Waals surface area contributed by atoms with Crippen molar-refractivity contribution in [3.8, 4) is 16.9 Å². The molecule has 7 heteroatoms. The number of hydroxylamine groups is 2. The van der Waals surface area contributed by atoms with Crippen LogP contribution in [0.25, 0.3) is 16.9 Å². The summed E-state index contributed by atoms with van der Waals surface area (Å²) < 4.78 is 1.88. The van der Waals surface area contributed by atoms with Crippen LogP contribution in [0.5, 0.6) is 0 Å². The van der Waals surface area contributed by atoms with Gasteiger partial charge in [0.2, 0.25) is 0 Å². The second-order valence-electron chi connectivity index (χ2n) is 16.0. The van der Waals surface area contributed by atoms with E-state index in [0.29, 0.717) is 40.2 Å². The van der Waals surface area contributed by atoms with Crippen molar-refractivity contribution < 1.29 is 14.4 Å². The summed E-state index contributed by atoms with van der Waals surface area (Å²) in [6, 6.07) is 43.7. The highest BCUT2D eigenvalue weighted by atomic mass is 16.7. The molecule has 0 saturated carbocycles. The van der Waals surface area contributed by atoms with Crippen molar-refractivity contribution in [2.75, 3.05) is 4.90 Å². The van der Waals surface area contributed by atoms with E-state index in [4.69, 9.17) is 9.94 Å². The Morgan fingerprint density at radius 1 is 0.709 bits per heavy atom. The number of aromatic nitrogens is 2. The first-order valence-corrected chi connectivity index (χ1v) is 19.2. The molecule has 1 aromatic heterocycles. The molecule has 6 aromatic rings. The van der Waals surface area contributed by atoms with Gasteiger partial charge in [0, 0.05) is 17.5 Å². The van der Waals surface area contributed by atoms with E-state index in [1.54, 1.807) is 4.90 Å². The SMILES string of the molecule is Cc1ccc(C(=O)c2c(Cc3ccccc3)nn(-c3ccccc3)c2-c2cc(C)ccc2N(Cc2ccccc2)C(=O)ON2C(C)(C)CCCC2(C)C)cc1. The van der Waals surface area contributed by atoms with Gasteiger partial charge in [-0.3, -0.25) is 9.69 Å². The Labute approximate surface area is 325 Å². The quantitative estimate of drug-likeness (QED) is 0.131. The van der Waals surface area contributed by atoms with E-state index in [1.165, 1.54) is 0 Å². The largest absolute Gasteiger partial charge is 0.433 e. The van der Waals surface area contributed by atoms with Gasteiger partial charge < -0.3 is 4.84 Å². The Morgan fingerprint density at radius 2 is 1.27 bits per heavy atom. The number of hydrogen-bond donors (Lipinski definition) is 0. The monoisotopic (exact) mass is 730 g/mol. The molecular weight excluding hydrogens is 681 g/mol. The van der Waals surface area contributed by atoms with Gasteiger partial charge >= 0.3 is 6.09 Å². The van der Waals surface area contributed by atoms with Crippen LogP contribution in [0.3, 0.4) is 0 Å². The molecule has 0 bridgehead atoms. The Hall–Kier alpha value is -5.79. The second kappa shape index (κ2) is 15.5. The van der Waals surface area contributed by atoms with E-state index in [1.807, 2.05) is 139 Å². The van der Waals surface area contributed by atoms with E-state index in [2.05, 4.69) is 45.9 Å². The molecule has 0 aliphatic carbocycles. The van der Waals surface area contributed by atoms with Crippen molar-refractivity contribution >= 4 is 17.6 Å². The van der Waals surface area contributed by atoms with Gasteiger partial charge in [-0.15, -0.1) is 5.06 Å². The maximum Gasteiger partial charge on any atom is 0.433 e. The van der Waals surface area contributed by atoms with Crippen LogP contribution in [-0.4, -0.2) is 37.8 Å². The highest BCUT2D eigenvalue weighted by molar-refractivity contribution is 6.14. The van der Waals surface area contributed by atoms with Gasteiger partial charge in [0.15, 0.2) is 5.78 Å². The molecule has 1 aliphatic rings. The van der Waals surface area contributed by atoms with Crippen molar-refractivity contribution in [2.24, 2.45) is 0 Å². The van der Waals surface area contributed by atoms with Crippen LogP contribution >= 0.6 is 0 Å². The molecule has 0 N–H and O–H groups in total. The highest BCUT2D eigenvalue weighted by Gasteiger charge is 2.45. The van der Waals surface area contributed by atoms with E-state index < -0.39 is 6.09 Å². The summed E-state index contributed by atoms with van der Waals surface area (Å²) in [6.45, 7) is 12.8. The van der Waals surface area contributed by atoms with Crippen molar-refractivity contribution in [1.82, 2.24) is 14.8 Å². The van der Waals surface area contributed by atoms with Gasteiger partial charge in [0.1, 0.15) is 0 Å². The molecule has 1 aliphatic heterocycles. The lowest BCUT2D eigenvalue weighted by Crippen LogP contribution is -2.59. The molecule has 55 heavy (non-hydrogen) atoms. The zero-order chi connectivity index (χ0) is 38.7. The summed E-state index contributed by atoms with van der Waals surface area (Å²) in [5.41, 5.74) is 7.75. The Morgan fingerprint density at radius 3 is 1.89 bits per heavy atom. The molecule has 7 nitrogen and oxygen atoms in total. The summed E-state index contributed by atoms with van der Waals surface area (Å²) in [5.74, 6) is -0.135. The molecule has 0 spiro atoms. The summed E-state index contributed by atoms with van der Waals surface area (Å²) in [6.07, 6.45) is 2.82. The lowest BCUT2D eigenvalue weighted by Gasteiger charge is -2.50. The molecule has 0 atom stereocenters. The maximum atomic E-state index is 15.0. The van der Waals surface area contributed by atoms with E-state index in [-0.39, 0.29) is 23.4 Å². The summed E-state index contributed by atoms with van der Waals surface area (Å²) in [4.78, 5) is 38.2. The molecule has 5 aromatic carbocycles. The summed E-state index contributed by atoms with van der Waals surface area (Å²) >= 11 is 0. The number of nitrogens with zero attached hydrogens (tertiary/aromatic N) is 4. The number of carbonyl (C=O) groups excluding carboxylic acids is 2. The summed E-state index contributed by atoms with van der Waals surface area (Å²) in [7, 11) is 0. The van der Waals surface area contributed by atoms with Gasteiger partial charge in [-0.25, -0.2) is 9.48 Å². The minimum atomic E-state index is -0.487. The first-order chi connectivity index (χ1) is 26.4. The fourth-order valence-corrected chi connectivity index (χ4v) is 7.91. The van der Waals surface area contributed by atoms with Crippen LogP contribution in [0.1, 0.15) is 90.8 Å². The highest BCUT2D eigenvalue weighted by Crippen LogP contribution is 2.42. The van der Waals surface area contributed by atoms with Crippen LogP contribution in [0, 0.1) is 13.8 Å². The zero-order valence-electron chi connectivity index (χ0n) is 32.8. The predicted octanol–water partition coefficient (Wildman–Crippen LogP) is 11.1. The van der Waals surface area contributed by atoms with E-state index in [9.17, 15) is 4.79 Å². The lowest BCUT2D eigenvalue weighted by molar-refractivity contribution is -0.237. The fraction of sp³-hybridized carbons (Fsp3) is 0.271. The predicted molar refractivity (Wildman–Crippen MR) is 221 cm³/mol. The van der Waals surface area contributed by atoms with Crippen LogP contribution in [-0.2, 0) is 17.8 Å². The first kappa shape index (κ1) is 37.5. The minimum absolute atomic E-state index is 0.135. The third-order valence-electron chi connectivity index (χ3n) is 10.7. The minimum Gasteiger partial charge on any atom is -0.350 e. The zero-order valence-corrected chi connectivity index (χ0v) is 32.8. The molecule has 1 amide bonds. The molecule has 0 unspecified atom stereocenters. The van der Waals surface area contributed by atoms with Gasteiger partial charge in [0.05, 0.1) is 45.9 Å². The fourth-order valence-electron chi connectivity index (χ4n) is 7.91. The van der Waals surface area contributed by atoms with E-state index >= 15 is 4.79 Å². The third-order valence-corrected chi connectivity index (χ3v) is 10.7. The number of para-hydroxylation sites is 1. The van der Waals surface area contributed by atoms with Gasteiger partial charge in [-0.05, 0) is 96.2 Å². The second-order valence-corrected chi connectivity index (χ2v) is 16.0. The lowest BCUT2D eigenvalue weighted by atomic mass is 9.82. The van der Waals surface area contributed by atoms with Crippen LogP contribution < -0.4 is 4.90 Å². The van der Waals surface area contributed by atoms with Crippen molar-refractivity contribution in [2.45, 2.75) is 84.8 Å². The number of piperidine rings is 1.